The second kappa shape index (κ2) is 15.0. The van der Waals surface area contributed by atoms with Gasteiger partial charge in [-0.3, -0.25) is 4.79 Å². The second-order valence-electron chi connectivity index (χ2n) is 8.72. The minimum Gasteiger partial charge on any atom is -0.497 e. The van der Waals surface area contributed by atoms with Crippen molar-refractivity contribution < 1.29 is 43.1 Å². The molecule has 0 aliphatic rings. The van der Waals surface area contributed by atoms with Crippen molar-refractivity contribution in [1.82, 2.24) is 0 Å². The van der Waals surface area contributed by atoms with Gasteiger partial charge in [0.25, 0.3) is 5.91 Å². The maximum atomic E-state index is 13.8. The van der Waals surface area contributed by atoms with Crippen molar-refractivity contribution >= 4 is 29.2 Å². The van der Waals surface area contributed by atoms with E-state index in [1.165, 1.54) is 52.6 Å². The van der Waals surface area contributed by atoms with E-state index in [0.717, 1.165) is 12.2 Å². The lowest BCUT2D eigenvalue weighted by atomic mass is 9.97. The zero-order valence-electron chi connectivity index (χ0n) is 24.3. The summed E-state index contributed by atoms with van der Waals surface area (Å²) >= 11 is 6.47. The molecule has 0 saturated heterocycles. The fraction of sp³-hybridized carbons (Fsp3) is 0.290. The van der Waals surface area contributed by atoms with Gasteiger partial charge in [0.15, 0.2) is 11.5 Å². The van der Waals surface area contributed by atoms with Crippen LogP contribution in [-0.2, 0) is 20.9 Å². The number of hydrogen-bond donors (Lipinski definition) is 1. The normalized spacial score (nSPS) is 11.5. The summed E-state index contributed by atoms with van der Waals surface area (Å²) in [6.45, 7) is 1.76. The Morgan fingerprint density at radius 1 is 0.857 bits per heavy atom. The Morgan fingerprint density at radius 3 is 2.19 bits per heavy atom. The molecule has 1 amide bonds. The van der Waals surface area contributed by atoms with Gasteiger partial charge in [-0.1, -0.05) is 23.7 Å². The SMILES string of the molecule is CCOC(=O)C=CC(=O)N(Cc1ccc(OC)cc1OC)c1c(OC)cc(Cl)cc1C(O)c1cccc(OC)c1OC. The van der Waals surface area contributed by atoms with Crippen LogP contribution in [0.1, 0.15) is 29.7 Å². The minimum absolute atomic E-state index is 0.0495. The number of ether oxygens (including phenoxy) is 6. The minimum atomic E-state index is -1.35. The predicted octanol–water partition coefficient (Wildman–Crippen LogP) is 5.12. The molecule has 3 rings (SSSR count). The van der Waals surface area contributed by atoms with Crippen molar-refractivity contribution in [2.75, 3.05) is 47.1 Å². The lowest BCUT2D eigenvalue weighted by Gasteiger charge is -2.29. The van der Waals surface area contributed by atoms with Crippen molar-refractivity contribution in [3.8, 4) is 28.7 Å². The number of carbonyl (C=O) groups is 2. The monoisotopic (exact) mass is 599 g/mol. The number of hydrogen-bond acceptors (Lipinski definition) is 9. The maximum Gasteiger partial charge on any atom is 0.330 e. The highest BCUT2D eigenvalue weighted by Crippen LogP contribution is 2.45. The van der Waals surface area contributed by atoms with Gasteiger partial charge in [0.05, 0.1) is 54.4 Å². The summed E-state index contributed by atoms with van der Waals surface area (Å²) in [6, 6.07) is 13.3. The van der Waals surface area contributed by atoms with E-state index in [-0.39, 0.29) is 35.2 Å². The Balaban J connectivity index is 2.28. The number of nitrogens with zero attached hydrogens (tertiary/aromatic N) is 1. The molecule has 42 heavy (non-hydrogen) atoms. The van der Waals surface area contributed by atoms with Crippen molar-refractivity contribution in [2.45, 2.75) is 19.6 Å². The largest absolute Gasteiger partial charge is 0.497 e. The van der Waals surface area contributed by atoms with Crippen LogP contribution in [0, 0.1) is 0 Å². The topological polar surface area (TPSA) is 113 Å². The number of rotatable bonds is 13. The van der Waals surface area contributed by atoms with Crippen LogP contribution in [-0.4, -0.2) is 59.1 Å². The third-order valence-corrected chi connectivity index (χ3v) is 6.54. The van der Waals surface area contributed by atoms with Crippen molar-refractivity contribution in [3.63, 3.8) is 0 Å². The van der Waals surface area contributed by atoms with Crippen molar-refractivity contribution in [2.24, 2.45) is 0 Å². The molecule has 10 nitrogen and oxygen atoms in total. The van der Waals surface area contributed by atoms with Gasteiger partial charge in [0.1, 0.15) is 23.4 Å². The molecule has 3 aromatic rings. The average Bonchev–Trinajstić information content (AvgIpc) is 3.01. The van der Waals surface area contributed by atoms with E-state index in [0.29, 0.717) is 34.1 Å². The molecule has 0 spiro atoms. The highest BCUT2D eigenvalue weighted by atomic mass is 35.5. The van der Waals surface area contributed by atoms with Crippen LogP contribution < -0.4 is 28.6 Å². The van der Waals surface area contributed by atoms with E-state index in [1.54, 1.807) is 43.3 Å². The summed E-state index contributed by atoms with van der Waals surface area (Å²) in [6.07, 6.45) is 0.776. The van der Waals surface area contributed by atoms with Crippen molar-refractivity contribution in [3.05, 3.63) is 82.4 Å². The molecule has 0 aliphatic carbocycles. The van der Waals surface area contributed by atoms with Gasteiger partial charge in [-0.2, -0.15) is 0 Å². The number of carbonyl (C=O) groups excluding carboxylic acids is 2. The molecule has 0 aromatic heterocycles. The Bertz CT molecular complexity index is 1440. The highest BCUT2D eigenvalue weighted by molar-refractivity contribution is 6.31. The van der Waals surface area contributed by atoms with Gasteiger partial charge in [0, 0.05) is 46.0 Å². The number of benzene rings is 3. The van der Waals surface area contributed by atoms with E-state index >= 15 is 0 Å². The molecule has 3 aromatic carbocycles. The standard InChI is InChI=1S/C31H34ClNO9/c1-7-42-28(35)14-13-27(34)33(18-19-11-12-21(37-2)17-25(19)39-4)29-23(15-20(32)16-26(29)40-5)30(36)22-9-8-10-24(38-3)31(22)41-6/h8-17,30,36H,7,18H2,1-6H3. The third-order valence-electron chi connectivity index (χ3n) is 6.32. The van der Waals surface area contributed by atoms with E-state index in [4.69, 9.17) is 40.0 Å². The van der Waals surface area contributed by atoms with Gasteiger partial charge >= 0.3 is 5.97 Å². The zero-order chi connectivity index (χ0) is 30.8. The molecule has 0 saturated carbocycles. The van der Waals surface area contributed by atoms with E-state index in [9.17, 15) is 14.7 Å². The number of halogens is 1. The first kappa shape index (κ1) is 32.1. The molecule has 1 atom stereocenters. The van der Waals surface area contributed by atoms with Crippen LogP contribution >= 0.6 is 11.6 Å². The smallest absolute Gasteiger partial charge is 0.330 e. The van der Waals surface area contributed by atoms with Gasteiger partial charge in [-0.25, -0.2) is 4.79 Å². The summed E-state index contributed by atoms with van der Waals surface area (Å²) in [7, 11) is 7.39. The van der Waals surface area contributed by atoms with Gasteiger partial charge < -0.3 is 38.4 Å². The number of aliphatic hydroxyl groups is 1. The summed E-state index contributed by atoms with van der Waals surface area (Å²) in [5.74, 6) is 0.618. The first-order valence-electron chi connectivity index (χ1n) is 12.9. The maximum absolute atomic E-state index is 13.8. The molecule has 224 valence electrons. The molecule has 0 fully saturated rings. The number of para-hydroxylation sites is 1. The molecule has 0 heterocycles. The van der Waals surface area contributed by atoms with Crippen LogP contribution in [0.15, 0.2) is 60.7 Å². The van der Waals surface area contributed by atoms with E-state index < -0.39 is 18.0 Å². The van der Waals surface area contributed by atoms with Crippen LogP contribution in [0.2, 0.25) is 5.02 Å². The van der Waals surface area contributed by atoms with Gasteiger partial charge in [0.2, 0.25) is 0 Å². The van der Waals surface area contributed by atoms with E-state index in [2.05, 4.69) is 0 Å². The molecule has 1 unspecified atom stereocenters. The fourth-order valence-corrected chi connectivity index (χ4v) is 4.60. The first-order chi connectivity index (χ1) is 20.2. The fourth-order valence-electron chi connectivity index (χ4n) is 4.38. The van der Waals surface area contributed by atoms with Crippen LogP contribution in [0.4, 0.5) is 5.69 Å². The molecule has 1 N–H and O–H groups in total. The van der Waals surface area contributed by atoms with E-state index in [1.807, 2.05) is 0 Å². The summed E-state index contributed by atoms with van der Waals surface area (Å²) in [4.78, 5) is 27.2. The molecular formula is C31H34ClNO9. The first-order valence-corrected chi connectivity index (χ1v) is 13.2. The molecular weight excluding hydrogens is 566 g/mol. The lowest BCUT2D eigenvalue weighted by molar-refractivity contribution is -0.137. The third kappa shape index (κ3) is 7.26. The van der Waals surface area contributed by atoms with Crippen LogP contribution in [0.5, 0.6) is 28.7 Å². The van der Waals surface area contributed by atoms with Crippen LogP contribution in [0.25, 0.3) is 0 Å². The number of methoxy groups -OCH3 is 5. The summed E-state index contributed by atoms with van der Waals surface area (Å²) in [5, 5.41) is 12.0. The molecule has 11 heteroatoms. The predicted molar refractivity (Wildman–Crippen MR) is 158 cm³/mol. The quantitative estimate of drug-likeness (QED) is 0.211. The zero-order valence-corrected chi connectivity index (χ0v) is 25.1. The Labute approximate surface area is 249 Å². The van der Waals surface area contributed by atoms with Crippen LogP contribution in [0.3, 0.4) is 0 Å². The Morgan fingerprint density at radius 2 is 1.57 bits per heavy atom. The highest BCUT2D eigenvalue weighted by Gasteiger charge is 2.29. The van der Waals surface area contributed by atoms with Gasteiger partial charge in [-0.15, -0.1) is 0 Å². The Kier molecular flexibility index (Phi) is 11.5. The molecule has 0 radical (unpaired) electrons. The van der Waals surface area contributed by atoms with Gasteiger partial charge in [-0.05, 0) is 31.2 Å². The Hall–Kier alpha value is -4.41. The lowest BCUT2D eigenvalue weighted by Crippen LogP contribution is -2.31. The second-order valence-corrected chi connectivity index (χ2v) is 9.16. The summed E-state index contributed by atoms with van der Waals surface area (Å²) < 4.78 is 32.5. The average molecular weight is 600 g/mol. The van der Waals surface area contributed by atoms with Crippen molar-refractivity contribution in [1.29, 1.82) is 0 Å². The molecule has 0 aliphatic heterocycles. The number of aliphatic hydroxyl groups excluding tert-OH is 1. The number of anilines is 1. The number of amides is 1. The summed E-state index contributed by atoms with van der Waals surface area (Å²) in [5.41, 5.74) is 1.40. The number of esters is 1. The molecule has 0 bridgehead atoms.